The number of hydrogen-bond donors (Lipinski definition) is 1. The smallest absolute Gasteiger partial charge is 0.226 e. The van der Waals surface area contributed by atoms with E-state index in [9.17, 15) is 9.18 Å². The Labute approximate surface area is 164 Å². The van der Waals surface area contributed by atoms with Crippen LogP contribution in [0, 0.1) is 11.7 Å². The molecule has 0 radical (unpaired) electrons. The minimum atomic E-state index is -0.300. The Kier molecular flexibility index (Phi) is 4.46. The van der Waals surface area contributed by atoms with Gasteiger partial charge in [-0.1, -0.05) is 24.6 Å². The van der Waals surface area contributed by atoms with Gasteiger partial charge in [0, 0.05) is 49.8 Å². The number of piperidine rings is 1. The Morgan fingerprint density at radius 3 is 2.71 bits per heavy atom. The first-order chi connectivity index (χ1) is 13.7. The van der Waals surface area contributed by atoms with Crippen molar-refractivity contribution in [3.63, 3.8) is 0 Å². The lowest BCUT2D eigenvalue weighted by molar-refractivity contribution is -0.149. The summed E-state index contributed by atoms with van der Waals surface area (Å²) >= 11 is 0. The maximum atomic E-state index is 14.1. The van der Waals surface area contributed by atoms with Gasteiger partial charge in [-0.3, -0.25) is 9.69 Å². The van der Waals surface area contributed by atoms with E-state index in [4.69, 9.17) is 0 Å². The lowest BCUT2D eigenvalue weighted by Crippen LogP contribution is -2.59. The summed E-state index contributed by atoms with van der Waals surface area (Å²) in [4.78, 5) is 25.6. The number of hydrogen-bond acceptors (Lipinski definition) is 3. The molecule has 148 valence electrons. The van der Waals surface area contributed by atoms with Gasteiger partial charge in [-0.15, -0.1) is 0 Å². The Balaban J connectivity index is 1.38. The third kappa shape index (κ3) is 2.85. The molecule has 6 heteroatoms. The largest absolute Gasteiger partial charge is 0.348 e. The average Bonchev–Trinajstić information content (AvgIpc) is 3.14. The molecular formula is C22H27FN4O. The van der Waals surface area contributed by atoms with Crippen molar-refractivity contribution >= 4 is 5.91 Å². The van der Waals surface area contributed by atoms with Gasteiger partial charge in [0.1, 0.15) is 5.82 Å². The van der Waals surface area contributed by atoms with Crippen LogP contribution < -0.4 is 0 Å². The molecule has 1 aromatic heterocycles. The van der Waals surface area contributed by atoms with Crippen molar-refractivity contribution in [2.24, 2.45) is 5.92 Å². The SMILES string of the molecule is O=C(C1CCC1)N1CCc2[nH]cnc2C12CCN(Cc1ccccc1F)CC2. The number of imidazole rings is 1. The Hall–Kier alpha value is -2.21. The molecular weight excluding hydrogens is 355 g/mol. The quantitative estimate of drug-likeness (QED) is 0.887. The fourth-order valence-corrected chi connectivity index (χ4v) is 5.13. The number of carbonyl (C=O) groups is 1. The first-order valence-corrected chi connectivity index (χ1v) is 10.5. The maximum Gasteiger partial charge on any atom is 0.226 e. The molecule has 3 aliphatic rings. The van der Waals surface area contributed by atoms with Crippen LogP contribution in [0.5, 0.6) is 0 Å². The third-order valence-electron chi connectivity index (χ3n) is 7.02. The lowest BCUT2D eigenvalue weighted by Gasteiger charge is -2.52. The number of nitrogens with zero attached hydrogens (tertiary/aromatic N) is 3. The van der Waals surface area contributed by atoms with Gasteiger partial charge in [-0.25, -0.2) is 9.37 Å². The molecule has 2 aliphatic heterocycles. The first kappa shape index (κ1) is 17.9. The lowest BCUT2D eigenvalue weighted by atomic mass is 9.76. The van der Waals surface area contributed by atoms with Crippen molar-refractivity contribution in [3.05, 3.63) is 53.4 Å². The summed E-state index contributed by atoms with van der Waals surface area (Å²) in [6, 6.07) is 7.00. The molecule has 1 amide bonds. The zero-order valence-corrected chi connectivity index (χ0v) is 16.2. The van der Waals surface area contributed by atoms with Crippen molar-refractivity contribution in [2.45, 2.75) is 50.6 Å². The predicted molar refractivity (Wildman–Crippen MR) is 104 cm³/mol. The van der Waals surface area contributed by atoms with E-state index < -0.39 is 0 Å². The standard InChI is InChI=1S/C22H27FN4O/c23-18-7-2-1-4-17(18)14-26-12-9-22(10-13-26)20-19(24-15-25-20)8-11-27(22)21(28)16-5-3-6-16/h1-2,4,7,15-16H,3,5-6,8-14H2,(H,24,25). The van der Waals surface area contributed by atoms with E-state index in [2.05, 4.69) is 19.8 Å². The van der Waals surface area contributed by atoms with Gasteiger partial charge in [0.15, 0.2) is 0 Å². The van der Waals surface area contributed by atoms with Gasteiger partial charge < -0.3 is 9.88 Å². The number of aromatic amines is 1. The number of benzene rings is 1. The van der Waals surface area contributed by atoms with Gasteiger partial charge in [0.2, 0.25) is 5.91 Å². The summed E-state index contributed by atoms with van der Waals surface area (Å²) in [7, 11) is 0. The number of rotatable bonds is 3. The number of likely N-dealkylation sites (tertiary alicyclic amines) is 1. The van der Waals surface area contributed by atoms with Gasteiger partial charge in [-0.2, -0.15) is 0 Å². The van der Waals surface area contributed by atoms with Gasteiger partial charge in [0.25, 0.3) is 0 Å². The zero-order valence-electron chi connectivity index (χ0n) is 16.2. The highest BCUT2D eigenvalue weighted by atomic mass is 19.1. The number of carbonyl (C=O) groups excluding carboxylic acids is 1. The number of nitrogens with one attached hydrogen (secondary N) is 1. The molecule has 2 fully saturated rings. The van der Waals surface area contributed by atoms with E-state index in [1.165, 1.54) is 18.2 Å². The second kappa shape index (κ2) is 6.99. The second-order valence-corrected chi connectivity index (χ2v) is 8.50. The summed E-state index contributed by atoms with van der Waals surface area (Å²) in [6.07, 6.45) is 7.57. The topological polar surface area (TPSA) is 52.2 Å². The monoisotopic (exact) mass is 382 g/mol. The van der Waals surface area contributed by atoms with Crippen LogP contribution >= 0.6 is 0 Å². The molecule has 1 saturated heterocycles. The summed E-state index contributed by atoms with van der Waals surface area (Å²) in [5, 5.41) is 0. The molecule has 3 heterocycles. The van der Waals surface area contributed by atoms with E-state index in [0.717, 1.165) is 63.0 Å². The molecule has 5 nitrogen and oxygen atoms in total. The fourth-order valence-electron chi connectivity index (χ4n) is 5.13. The zero-order chi connectivity index (χ0) is 19.1. The normalized spacial score (nSPS) is 22.1. The van der Waals surface area contributed by atoms with E-state index in [-0.39, 0.29) is 17.3 Å². The maximum absolute atomic E-state index is 14.1. The van der Waals surface area contributed by atoms with Crippen LogP contribution in [0.15, 0.2) is 30.6 Å². The number of halogens is 1. The van der Waals surface area contributed by atoms with Gasteiger partial charge >= 0.3 is 0 Å². The summed E-state index contributed by atoms with van der Waals surface area (Å²) in [5.41, 5.74) is 2.69. The highest BCUT2D eigenvalue weighted by molar-refractivity contribution is 5.81. The Bertz CT molecular complexity index is 867. The Morgan fingerprint density at radius 2 is 2.00 bits per heavy atom. The van der Waals surface area contributed by atoms with Gasteiger partial charge in [-0.05, 0) is 31.7 Å². The molecule has 1 spiro atoms. The molecule has 1 aliphatic carbocycles. The van der Waals surface area contributed by atoms with Crippen LogP contribution in [0.4, 0.5) is 4.39 Å². The van der Waals surface area contributed by atoms with Crippen LogP contribution in [-0.4, -0.2) is 45.3 Å². The van der Waals surface area contributed by atoms with Crippen LogP contribution in [-0.2, 0) is 23.3 Å². The van der Waals surface area contributed by atoms with Crippen molar-refractivity contribution in [2.75, 3.05) is 19.6 Å². The second-order valence-electron chi connectivity index (χ2n) is 8.50. The van der Waals surface area contributed by atoms with E-state index in [1.807, 2.05) is 12.1 Å². The molecule has 0 bridgehead atoms. The highest BCUT2D eigenvalue weighted by Gasteiger charge is 2.50. The molecule has 1 N–H and O–H groups in total. The molecule has 5 rings (SSSR count). The first-order valence-electron chi connectivity index (χ1n) is 10.5. The highest BCUT2D eigenvalue weighted by Crippen LogP contribution is 2.44. The molecule has 0 atom stereocenters. The number of amides is 1. The average molecular weight is 382 g/mol. The fraction of sp³-hybridized carbons (Fsp3) is 0.545. The van der Waals surface area contributed by atoms with Crippen molar-refractivity contribution in [1.29, 1.82) is 0 Å². The Morgan fingerprint density at radius 1 is 1.21 bits per heavy atom. The number of aromatic nitrogens is 2. The van der Waals surface area contributed by atoms with Crippen LogP contribution in [0.1, 0.15) is 49.1 Å². The molecule has 1 aromatic carbocycles. The summed E-state index contributed by atoms with van der Waals surface area (Å²) in [5.74, 6) is 0.382. The number of H-pyrrole nitrogens is 1. The summed E-state index contributed by atoms with van der Waals surface area (Å²) < 4.78 is 14.1. The van der Waals surface area contributed by atoms with E-state index >= 15 is 0 Å². The van der Waals surface area contributed by atoms with E-state index in [0.29, 0.717) is 12.5 Å². The van der Waals surface area contributed by atoms with Crippen molar-refractivity contribution in [3.8, 4) is 0 Å². The third-order valence-corrected chi connectivity index (χ3v) is 7.02. The van der Waals surface area contributed by atoms with Crippen LogP contribution in [0.3, 0.4) is 0 Å². The summed E-state index contributed by atoms with van der Waals surface area (Å²) in [6.45, 7) is 3.08. The molecule has 28 heavy (non-hydrogen) atoms. The molecule has 1 saturated carbocycles. The van der Waals surface area contributed by atoms with Gasteiger partial charge in [0.05, 0.1) is 17.6 Å². The van der Waals surface area contributed by atoms with Crippen molar-refractivity contribution < 1.29 is 9.18 Å². The minimum absolute atomic E-state index is 0.142. The molecule has 2 aromatic rings. The molecule has 0 unspecified atom stereocenters. The van der Waals surface area contributed by atoms with Crippen molar-refractivity contribution in [1.82, 2.24) is 19.8 Å². The minimum Gasteiger partial charge on any atom is -0.348 e. The predicted octanol–water partition coefficient (Wildman–Crippen LogP) is 3.22. The van der Waals surface area contributed by atoms with Crippen LogP contribution in [0.2, 0.25) is 0 Å². The van der Waals surface area contributed by atoms with Crippen LogP contribution in [0.25, 0.3) is 0 Å². The van der Waals surface area contributed by atoms with E-state index in [1.54, 1.807) is 12.4 Å². The number of fused-ring (bicyclic) bond motifs is 2.